The van der Waals surface area contributed by atoms with Crippen LogP contribution in [0.25, 0.3) is 0 Å². The molecule has 0 atom stereocenters. The molecule has 1 saturated heterocycles. The van der Waals surface area contributed by atoms with Gasteiger partial charge in [-0.05, 0) is 30.7 Å². The standard InChI is InChI=1S/C14H17ClN2O3/c15-12-4-2-11(3-5-12)14(20)17-7-1-6-16(8-9-17)10-13(18)19/h2-5H,1,6-10H2,(H,18,19). The largest absolute Gasteiger partial charge is 0.480 e. The van der Waals surface area contributed by atoms with Gasteiger partial charge in [0.05, 0.1) is 6.54 Å². The van der Waals surface area contributed by atoms with E-state index in [4.69, 9.17) is 16.7 Å². The number of rotatable bonds is 3. The van der Waals surface area contributed by atoms with Crippen LogP contribution in [-0.4, -0.2) is 59.5 Å². The van der Waals surface area contributed by atoms with Crippen molar-refractivity contribution in [2.75, 3.05) is 32.7 Å². The summed E-state index contributed by atoms with van der Waals surface area (Å²) in [6.07, 6.45) is 0.784. The molecule has 1 heterocycles. The number of carboxylic acid groups (broad SMARTS) is 1. The molecule has 1 N–H and O–H groups in total. The second-order valence-electron chi connectivity index (χ2n) is 4.82. The van der Waals surface area contributed by atoms with Crippen molar-refractivity contribution in [3.05, 3.63) is 34.9 Å². The molecule has 1 aliphatic heterocycles. The second-order valence-corrected chi connectivity index (χ2v) is 5.26. The fourth-order valence-electron chi connectivity index (χ4n) is 2.30. The fourth-order valence-corrected chi connectivity index (χ4v) is 2.42. The van der Waals surface area contributed by atoms with Crippen LogP contribution in [0.1, 0.15) is 16.8 Å². The lowest BCUT2D eigenvalue weighted by atomic mass is 10.2. The molecule has 0 spiro atoms. The van der Waals surface area contributed by atoms with E-state index in [2.05, 4.69) is 0 Å². The number of nitrogens with zero attached hydrogens (tertiary/aromatic N) is 2. The average Bonchev–Trinajstić information content (AvgIpc) is 2.64. The molecule has 0 saturated carbocycles. The first-order chi connectivity index (χ1) is 9.56. The van der Waals surface area contributed by atoms with Gasteiger partial charge in [0.2, 0.25) is 0 Å². The van der Waals surface area contributed by atoms with Crippen LogP contribution in [-0.2, 0) is 4.79 Å². The maximum atomic E-state index is 12.3. The topological polar surface area (TPSA) is 60.9 Å². The lowest BCUT2D eigenvalue weighted by Gasteiger charge is -2.21. The van der Waals surface area contributed by atoms with Crippen molar-refractivity contribution in [1.29, 1.82) is 0 Å². The Morgan fingerprint density at radius 3 is 2.45 bits per heavy atom. The van der Waals surface area contributed by atoms with Gasteiger partial charge >= 0.3 is 5.97 Å². The van der Waals surface area contributed by atoms with Crippen LogP contribution < -0.4 is 0 Å². The number of carbonyl (C=O) groups is 2. The summed E-state index contributed by atoms with van der Waals surface area (Å²) in [6.45, 7) is 2.53. The molecule has 0 bridgehead atoms. The van der Waals surface area contributed by atoms with E-state index in [0.29, 0.717) is 36.8 Å². The van der Waals surface area contributed by atoms with Gasteiger partial charge in [-0.2, -0.15) is 0 Å². The minimum absolute atomic E-state index is 0.0289. The first-order valence-electron chi connectivity index (χ1n) is 6.55. The van der Waals surface area contributed by atoms with E-state index < -0.39 is 5.97 Å². The number of hydrogen-bond donors (Lipinski definition) is 1. The fraction of sp³-hybridized carbons (Fsp3) is 0.429. The molecule has 1 amide bonds. The van der Waals surface area contributed by atoms with Crippen LogP contribution in [0, 0.1) is 0 Å². The molecule has 1 aromatic rings. The molecule has 1 fully saturated rings. The molecule has 0 aliphatic carbocycles. The van der Waals surface area contributed by atoms with Crippen LogP contribution in [0.3, 0.4) is 0 Å². The summed E-state index contributed by atoms with van der Waals surface area (Å²) in [4.78, 5) is 26.7. The summed E-state index contributed by atoms with van der Waals surface area (Å²) >= 11 is 5.81. The van der Waals surface area contributed by atoms with Crippen molar-refractivity contribution in [3.8, 4) is 0 Å². The molecule has 0 unspecified atom stereocenters. The van der Waals surface area contributed by atoms with Crippen molar-refractivity contribution < 1.29 is 14.7 Å². The molecular weight excluding hydrogens is 280 g/mol. The monoisotopic (exact) mass is 296 g/mol. The summed E-state index contributed by atoms with van der Waals surface area (Å²) in [6, 6.07) is 6.82. The third-order valence-corrected chi connectivity index (χ3v) is 3.58. The molecular formula is C14H17ClN2O3. The van der Waals surface area contributed by atoms with Crippen molar-refractivity contribution in [2.24, 2.45) is 0 Å². The summed E-state index contributed by atoms with van der Waals surface area (Å²) in [5, 5.41) is 9.40. The highest BCUT2D eigenvalue weighted by molar-refractivity contribution is 6.30. The van der Waals surface area contributed by atoms with E-state index in [9.17, 15) is 9.59 Å². The smallest absolute Gasteiger partial charge is 0.317 e. The Balaban J connectivity index is 1.97. The van der Waals surface area contributed by atoms with E-state index in [1.54, 1.807) is 29.2 Å². The van der Waals surface area contributed by atoms with Gasteiger partial charge in [-0.15, -0.1) is 0 Å². The summed E-state index contributed by atoms with van der Waals surface area (Å²) in [5.74, 6) is -0.860. The SMILES string of the molecule is O=C(O)CN1CCCN(C(=O)c2ccc(Cl)cc2)CC1. The minimum atomic E-state index is -0.831. The predicted octanol–water partition coefficient (Wildman–Crippen LogP) is 1.57. The molecule has 0 aromatic heterocycles. The summed E-state index contributed by atoms with van der Waals surface area (Å²) in [7, 11) is 0. The van der Waals surface area contributed by atoms with Crippen LogP contribution in [0.2, 0.25) is 5.02 Å². The third kappa shape index (κ3) is 3.95. The molecule has 2 rings (SSSR count). The molecule has 1 aromatic carbocycles. The normalized spacial score (nSPS) is 16.8. The predicted molar refractivity (Wildman–Crippen MR) is 76.0 cm³/mol. The van der Waals surface area contributed by atoms with Crippen molar-refractivity contribution in [1.82, 2.24) is 9.80 Å². The minimum Gasteiger partial charge on any atom is -0.480 e. The van der Waals surface area contributed by atoms with Crippen LogP contribution in [0.5, 0.6) is 0 Å². The van der Waals surface area contributed by atoms with Crippen LogP contribution in [0.4, 0.5) is 0 Å². The van der Waals surface area contributed by atoms with Crippen molar-refractivity contribution >= 4 is 23.5 Å². The van der Waals surface area contributed by atoms with Crippen LogP contribution >= 0.6 is 11.6 Å². The third-order valence-electron chi connectivity index (χ3n) is 3.33. The molecule has 20 heavy (non-hydrogen) atoms. The Morgan fingerprint density at radius 1 is 1.10 bits per heavy atom. The Morgan fingerprint density at radius 2 is 1.80 bits per heavy atom. The quantitative estimate of drug-likeness (QED) is 0.920. The van der Waals surface area contributed by atoms with Gasteiger partial charge in [0.25, 0.3) is 5.91 Å². The Kier molecular flexibility index (Phi) is 4.98. The van der Waals surface area contributed by atoms with Gasteiger partial charge in [-0.3, -0.25) is 14.5 Å². The Hall–Kier alpha value is -1.59. The van der Waals surface area contributed by atoms with Gasteiger partial charge in [-0.1, -0.05) is 11.6 Å². The zero-order chi connectivity index (χ0) is 14.5. The highest BCUT2D eigenvalue weighted by Crippen LogP contribution is 2.13. The second kappa shape index (κ2) is 6.72. The number of aliphatic carboxylic acids is 1. The summed E-state index contributed by atoms with van der Waals surface area (Å²) in [5.41, 5.74) is 0.612. The van der Waals surface area contributed by atoms with Crippen LogP contribution in [0.15, 0.2) is 24.3 Å². The highest BCUT2D eigenvalue weighted by Gasteiger charge is 2.21. The number of carboxylic acids is 1. The maximum absolute atomic E-state index is 12.3. The number of benzene rings is 1. The lowest BCUT2D eigenvalue weighted by molar-refractivity contribution is -0.138. The molecule has 0 radical (unpaired) electrons. The zero-order valence-electron chi connectivity index (χ0n) is 11.1. The number of halogens is 1. The average molecular weight is 297 g/mol. The number of amides is 1. The van der Waals surface area contributed by atoms with Gasteiger partial charge in [-0.25, -0.2) is 0 Å². The van der Waals surface area contributed by atoms with E-state index in [-0.39, 0.29) is 12.5 Å². The van der Waals surface area contributed by atoms with Gasteiger partial charge in [0, 0.05) is 36.8 Å². The Bertz CT molecular complexity index is 490. The lowest BCUT2D eigenvalue weighted by Crippen LogP contribution is -2.36. The van der Waals surface area contributed by atoms with E-state index >= 15 is 0 Å². The Labute approximate surface area is 122 Å². The first kappa shape index (κ1) is 14.8. The van der Waals surface area contributed by atoms with Crippen molar-refractivity contribution in [2.45, 2.75) is 6.42 Å². The van der Waals surface area contributed by atoms with Gasteiger partial charge < -0.3 is 10.0 Å². The molecule has 108 valence electrons. The first-order valence-corrected chi connectivity index (χ1v) is 6.93. The van der Waals surface area contributed by atoms with E-state index in [1.165, 1.54) is 0 Å². The van der Waals surface area contributed by atoms with E-state index in [1.807, 2.05) is 4.90 Å². The van der Waals surface area contributed by atoms with Gasteiger partial charge in [0.15, 0.2) is 0 Å². The molecule has 1 aliphatic rings. The summed E-state index contributed by atoms with van der Waals surface area (Å²) < 4.78 is 0. The molecule has 6 heteroatoms. The zero-order valence-corrected chi connectivity index (χ0v) is 11.8. The number of carbonyl (C=O) groups excluding carboxylic acids is 1. The van der Waals surface area contributed by atoms with Gasteiger partial charge in [0.1, 0.15) is 0 Å². The number of hydrogen-bond acceptors (Lipinski definition) is 3. The maximum Gasteiger partial charge on any atom is 0.317 e. The van der Waals surface area contributed by atoms with Crippen molar-refractivity contribution in [3.63, 3.8) is 0 Å². The molecule has 5 nitrogen and oxygen atoms in total. The highest BCUT2D eigenvalue weighted by atomic mass is 35.5. The van der Waals surface area contributed by atoms with E-state index in [0.717, 1.165) is 6.42 Å².